The van der Waals surface area contributed by atoms with Gasteiger partial charge in [0.25, 0.3) is 0 Å². The van der Waals surface area contributed by atoms with Gasteiger partial charge >= 0.3 is 12.4 Å². The number of aromatic nitrogens is 1. The highest BCUT2D eigenvalue weighted by molar-refractivity contribution is 6.03. The molecule has 1 fully saturated rings. The van der Waals surface area contributed by atoms with Gasteiger partial charge < -0.3 is 10.6 Å². The van der Waals surface area contributed by atoms with E-state index in [1.165, 1.54) is 45.3 Å². The lowest BCUT2D eigenvalue weighted by Gasteiger charge is -2.32. The second-order valence-electron chi connectivity index (χ2n) is 11.6. The third-order valence-corrected chi connectivity index (χ3v) is 8.03. The van der Waals surface area contributed by atoms with Crippen molar-refractivity contribution in [2.45, 2.75) is 69.9 Å². The second kappa shape index (κ2) is 13.4. The molecule has 2 heterocycles. The molecule has 2 amide bonds. The fourth-order valence-corrected chi connectivity index (χ4v) is 5.32. The molecular formula is C31H33Cl2F7N4O2. The van der Waals surface area contributed by atoms with Crippen LogP contribution in [0, 0.1) is 12.7 Å². The number of benzene rings is 2. The highest BCUT2D eigenvalue weighted by Crippen LogP contribution is 2.42. The van der Waals surface area contributed by atoms with Crippen LogP contribution in [0.1, 0.15) is 68.9 Å². The lowest BCUT2D eigenvalue weighted by Crippen LogP contribution is -2.49. The number of anilines is 1. The third-order valence-electron chi connectivity index (χ3n) is 8.03. The summed E-state index contributed by atoms with van der Waals surface area (Å²) in [5.74, 6) is -2.06. The van der Waals surface area contributed by atoms with Crippen molar-refractivity contribution in [1.82, 2.24) is 10.3 Å². The molecule has 0 unspecified atom stereocenters. The van der Waals surface area contributed by atoms with E-state index in [0.717, 1.165) is 4.90 Å². The first-order chi connectivity index (χ1) is 20.7. The number of primary amides is 1. The molecule has 252 valence electrons. The molecule has 46 heavy (non-hydrogen) atoms. The fourth-order valence-electron chi connectivity index (χ4n) is 5.32. The van der Waals surface area contributed by atoms with Gasteiger partial charge in [0.2, 0.25) is 11.8 Å². The largest absolute Gasteiger partial charge is 0.416 e. The summed E-state index contributed by atoms with van der Waals surface area (Å²) in [6.45, 7) is 3.76. The van der Waals surface area contributed by atoms with E-state index in [9.17, 15) is 40.3 Å². The number of carbonyl (C=O) groups excluding carboxylic acids is 2. The predicted molar refractivity (Wildman–Crippen MR) is 164 cm³/mol. The molecule has 3 aromatic rings. The zero-order chi connectivity index (χ0) is 33.7. The predicted octanol–water partition coefficient (Wildman–Crippen LogP) is 7.69. The Hall–Kier alpha value is -3.42. The van der Waals surface area contributed by atoms with E-state index >= 15 is 0 Å². The van der Waals surface area contributed by atoms with Gasteiger partial charge in [-0.25, -0.2) is 4.39 Å². The summed E-state index contributed by atoms with van der Waals surface area (Å²) >= 11 is 0. The van der Waals surface area contributed by atoms with Crippen LogP contribution in [0.4, 0.5) is 36.4 Å². The Balaban J connectivity index is 0.00000384. The molecule has 1 aliphatic heterocycles. The zero-order valence-corrected chi connectivity index (χ0v) is 26.7. The number of nitrogens with zero attached hydrogens (tertiary/aromatic N) is 2. The minimum absolute atomic E-state index is 0. The van der Waals surface area contributed by atoms with Gasteiger partial charge in [-0.15, -0.1) is 24.8 Å². The van der Waals surface area contributed by atoms with E-state index in [-0.39, 0.29) is 49.9 Å². The number of nitrogens with one attached hydrogen (secondary N) is 1. The average Bonchev–Trinajstić information content (AvgIpc) is 3.41. The molecule has 0 aliphatic carbocycles. The summed E-state index contributed by atoms with van der Waals surface area (Å²) in [5, 5.41) is 3.08. The van der Waals surface area contributed by atoms with Crippen molar-refractivity contribution in [2.75, 3.05) is 11.9 Å². The van der Waals surface area contributed by atoms with E-state index in [0.29, 0.717) is 40.9 Å². The highest BCUT2D eigenvalue weighted by atomic mass is 35.5. The number of carbonyl (C=O) groups is 2. The van der Waals surface area contributed by atoms with Crippen LogP contribution in [-0.2, 0) is 27.4 Å². The number of halogens is 9. The number of pyridine rings is 1. The molecule has 1 saturated heterocycles. The van der Waals surface area contributed by atoms with Gasteiger partial charge in [-0.2, -0.15) is 26.3 Å². The number of rotatable bonds is 6. The molecule has 0 radical (unpaired) electrons. The maximum absolute atomic E-state index is 14.0. The summed E-state index contributed by atoms with van der Waals surface area (Å²) < 4.78 is 103. The number of nitrogens with two attached hydrogens (primary N) is 1. The molecule has 4 rings (SSSR count). The lowest BCUT2D eigenvalue weighted by atomic mass is 9.81. The number of aryl methyl sites for hydroxylation is 1. The Labute approximate surface area is 275 Å². The Morgan fingerprint density at radius 1 is 0.978 bits per heavy atom. The fraction of sp³-hybridized carbons (Fsp3) is 0.387. The number of likely N-dealkylation sites (N-methyl/N-ethyl adjacent to an activating group) is 1. The molecule has 0 saturated carbocycles. The van der Waals surface area contributed by atoms with Gasteiger partial charge in [0.05, 0.1) is 45.7 Å². The minimum atomic E-state index is -5.10. The first kappa shape index (κ1) is 37.0. The normalized spacial score (nSPS) is 18.7. The van der Waals surface area contributed by atoms with Gasteiger partial charge in [-0.05, 0) is 93.6 Å². The second-order valence-corrected chi connectivity index (χ2v) is 11.6. The van der Waals surface area contributed by atoms with Crippen LogP contribution in [0.15, 0.2) is 48.7 Å². The monoisotopic (exact) mass is 697 g/mol. The molecule has 0 spiro atoms. The summed E-state index contributed by atoms with van der Waals surface area (Å²) in [6, 6.07) is 6.07. The quantitative estimate of drug-likeness (QED) is 0.259. The Kier molecular flexibility index (Phi) is 10.8. The van der Waals surface area contributed by atoms with E-state index in [1.807, 2.05) is 0 Å². The smallest absolute Gasteiger partial charge is 0.368 e. The molecule has 6 nitrogen and oxygen atoms in total. The average molecular weight is 699 g/mol. The molecule has 1 aliphatic rings. The van der Waals surface area contributed by atoms with E-state index in [1.54, 1.807) is 13.0 Å². The SMILES string of the molecule is Cl.Cl.[2H]C[C@@]1(C(N)=O)CC[C@H](c2cc(-c3ccc(F)cc3C)c(N(C)C(=O)C(C)(C)c3cc(C(F)(F)F)cc(C(F)(F)F)c3)cn2)N1. The van der Waals surface area contributed by atoms with Crippen molar-refractivity contribution in [3.05, 3.63) is 82.4 Å². The molecular weight excluding hydrogens is 664 g/mol. The first-order valence-corrected chi connectivity index (χ1v) is 13.4. The molecule has 1 aromatic heterocycles. The Morgan fingerprint density at radius 3 is 2.02 bits per heavy atom. The van der Waals surface area contributed by atoms with Crippen LogP contribution in [-0.4, -0.2) is 29.4 Å². The Morgan fingerprint density at radius 2 is 1.54 bits per heavy atom. The van der Waals surface area contributed by atoms with Gasteiger partial charge in [-0.3, -0.25) is 19.9 Å². The van der Waals surface area contributed by atoms with Crippen LogP contribution >= 0.6 is 24.8 Å². The Bertz CT molecular complexity index is 1620. The van der Waals surface area contributed by atoms with Crippen LogP contribution in [0.2, 0.25) is 0 Å². The topological polar surface area (TPSA) is 88.3 Å². The molecule has 2 atom stereocenters. The summed E-state index contributed by atoms with van der Waals surface area (Å²) in [6.07, 6.45) is -8.21. The van der Waals surface area contributed by atoms with Crippen LogP contribution < -0.4 is 16.0 Å². The minimum Gasteiger partial charge on any atom is -0.368 e. The maximum atomic E-state index is 14.0. The number of amides is 2. The van der Waals surface area contributed by atoms with Gasteiger partial charge in [-0.1, -0.05) is 6.07 Å². The standard InChI is InChI=1S/C31H31F7N4O2.2ClH/c1-16-10-20(32)6-7-21(16)22-14-24(23-8-9-29(4,41-23)26(39)43)40-15-25(22)42(5)27(44)28(2,3)17-11-18(30(33,34)35)13-19(12-17)31(36,37)38;;/h6-7,10-15,23,41H,8-9H2,1-5H3,(H2,39,43);2*1H/t23-,29+;;/m1../s1/i4D;;. The van der Waals surface area contributed by atoms with Crippen LogP contribution in [0.3, 0.4) is 0 Å². The van der Waals surface area contributed by atoms with Crippen molar-refractivity contribution >= 4 is 42.3 Å². The highest BCUT2D eigenvalue weighted by Gasteiger charge is 2.42. The van der Waals surface area contributed by atoms with Crippen LogP contribution in [0.25, 0.3) is 11.1 Å². The number of alkyl halides is 6. The zero-order valence-electron chi connectivity index (χ0n) is 26.1. The molecule has 0 bridgehead atoms. The third kappa shape index (κ3) is 7.58. The summed E-state index contributed by atoms with van der Waals surface area (Å²) in [5.41, 5.74) is 0.677. The first-order valence-electron chi connectivity index (χ1n) is 14.1. The van der Waals surface area contributed by atoms with Gasteiger partial charge in [0, 0.05) is 14.0 Å². The molecule has 15 heteroatoms. The van der Waals surface area contributed by atoms with Gasteiger partial charge in [0.1, 0.15) is 5.82 Å². The van der Waals surface area contributed by atoms with E-state index < -0.39 is 63.7 Å². The molecule has 3 N–H and O–H groups in total. The number of hydrogen-bond donors (Lipinski definition) is 2. The van der Waals surface area contributed by atoms with Crippen molar-refractivity contribution in [3.63, 3.8) is 0 Å². The van der Waals surface area contributed by atoms with Crippen molar-refractivity contribution in [3.8, 4) is 11.1 Å². The molecule has 2 aromatic carbocycles. The van der Waals surface area contributed by atoms with Crippen molar-refractivity contribution < 1.29 is 41.7 Å². The number of hydrogen-bond acceptors (Lipinski definition) is 4. The lowest BCUT2D eigenvalue weighted by molar-refractivity contribution is -0.143. The van der Waals surface area contributed by atoms with Crippen LogP contribution in [0.5, 0.6) is 0 Å². The maximum Gasteiger partial charge on any atom is 0.416 e. The summed E-state index contributed by atoms with van der Waals surface area (Å²) in [4.78, 5) is 31.6. The van der Waals surface area contributed by atoms with Gasteiger partial charge in [0.15, 0.2) is 0 Å². The van der Waals surface area contributed by atoms with Crippen molar-refractivity contribution in [1.29, 1.82) is 0 Å². The van der Waals surface area contributed by atoms with E-state index in [4.69, 9.17) is 7.10 Å². The van der Waals surface area contributed by atoms with E-state index in [2.05, 4.69) is 10.3 Å². The summed E-state index contributed by atoms with van der Waals surface area (Å²) in [7, 11) is 1.31. The van der Waals surface area contributed by atoms with Crippen molar-refractivity contribution in [2.24, 2.45) is 5.73 Å².